The number of ether oxygens (including phenoxy) is 1. The Kier molecular flexibility index (Phi) is 4.23. The molecular weight excluding hydrogens is 238 g/mol. The molecule has 19 heavy (non-hydrogen) atoms. The summed E-state index contributed by atoms with van der Waals surface area (Å²) in [5, 5.41) is 0. The molecule has 0 unspecified atom stereocenters. The van der Waals surface area contributed by atoms with E-state index >= 15 is 0 Å². The van der Waals surface area contributed by atoms with Gasteiger partial charge in [0.1, 0.15) is 0 Å². The van der Waals surface area contributed by atoms with Crippen molar-refractivity contribution in [1.82, 2.24) is 4.98 Å². The van der Waals surface area contributed by atoms with E-state index in [0.29, 0.717) is 5.88 Å². The molecule has 2 rings (SSSR count). The fraction of sp³-hybridized carbons (Fsp3) is 0.267. The van der Waals surface area contributed by atoms with E-state index < -0.39 is 0 Å². The minimum Gasteiger partial charge on any atom is -0.481 e. The predicted octanol–water partition coefficient (Wildman–Crippen LogP) is 2.70. The van der Waals surface area contributed by atoms with Gasteiger partial charge in [-0.05, 0) is 31.2 Å². The molecule has 4 heteroatoms. The van der Waals surface area contributed by atoms with Gasteiger partial charge in [0.05, 0.1) is 19.3 Å². The number of nitrogens with two attached hydrogens (primary N) is 1. The fourth-order valence-electron chi connectivity index (χ4n) is 1.96. The Morgan fingerprint density at radius 1 is 1.21 bits per heavy atom. The second-order valence-electron chi connectivity index (χ2n) is 4.28. The van der Waals surface area contributed by atoms with Crippen LogP contribution in [0.2, 0.25) is 0 Å². The lowest BCUT2D eigenvalue weighted by Crippen LogP contribution is -2.22. The molecule has 0 aliphatic carbocycles. The molecule has 0 amide bonds. The molecule has 2 N–H and O–H groups in total. The summed E-state index contributed by atoms with van der Waals surface area (Å²) in [5.41, 5.74) is 8.68. The number of nitrogen functional groups attached to an aromatic ring is 1. The first-order valence-electron chi connectivity index (χ1n) is 6.33. The summed E-state index contributed by atoms with van der Waals surface area (Å²) in [6.45, 7) is 3.74. The van der Waals surface area contributed by atoms with Crippen molar-refractivity contribution in [2.24, 2.45) is 0 Å². The van der Waals surface area contributed by atoms with Crippen molar-refractivity contribution in [3.63, 3.8) is 0 Å². The Hall–Kier alpha value is -2.23. The van der Waals surface area contributed by atoms with Crippen LogP contribution in [0.5, 0.6) is 5.88 Å². The highest BCUT2D eigenvalue weighted by molar-refractivity contribution is 5.55. The quantitative estimate of drug-likeness (QED) is 0.837. The maximum absolute atomic E-state index is 5.83. The van der Waals surface area contributed by atoms with Crippen LogP contribution >= 0.6 is 0 Å². The molecule has 0 atom stereocenters. The van der Waals surface area contributed by atoms with Crippen LogP contribution in [0.25, 0.3) is 0 Å². The van der Waals surface area contributed by atoms with E-state index in [1.807, 2.05) is 36.4 Å². The third-order valence-electron chi connectivity index (χ3n) is 2.96. The molecule has 0 saturated carbocycles. The zero-order chi connectivity index (χ0) is 13.7. The summed E-state index contributed by atoms with van der Waals surface area (Å²) in [6, 6.07) is 13.7. The number of pyridine rings is 1. The molecule has 0 aliphatic heterocycles. The van der Waals surface area contributed by atoms with E-state index in [2.05, 4.69) is 22.9 Å². The van der Waals surface area contributed by atoms with E-state index in [0.717, 1.165) is 30.2 Å². The summed E-state index contributed by atoms with van der Waals surface area (Å²) < 4.78 is 5.15. The van der Waals surface area contributed by atoms with Crippen LogP contribution < -0.4 is 15.4 Å². The van der Waals surface area contributed by atoms with Gasteiger partial charge in [-0.2, -0.15) is 0 Å². The predicted molar refractivity (Wildman–Crippen MR) is 78.4 cm³/mol. The van der Waals surface area contributed by atoms with Crippen molar-refractivity contribution in [3.05, 3.63) is 48.2 Å². The van der Waals surface area contributed by atoms with Crippen molar-refractivity contribution >= 4 is 11.4 Å². The maximum atomic E-state index is 5.83. The monoisotopic (exact) mass is 257 g/mol. The molecule has 0 aliphatic rings. The van der Waals surface area contributed by atoms with Gasteiger partial charge < -0.3 is 15.4 Å². The molecule has 0 radical (unpaired) electrons. The van der Waals surface area contributed by atoms with E-state index in [1.165, 1.54) is 0 Å². The lowest BCUT2D eigenvalue weighted by atomic mass is 10.2. The largest absolute Gasteiger partial charge is 0.481 e. The number of benzene rings is 1. The van der Waals surface area contributed by atoms with Gasteiger partial charge in [-0.25, -0.2) is 4.98 Å². The number of hydrogen-bond donors (Lipinski definition) is 1. The molecule has 100 valence electrons. The Balaban J connectivity index is 2.18. The first-order chi connectivity index (χ1) is 9.22. The average Bonchev–Trinajstić information content (AvgIpc) is 2.45. The average molecular weight is 257 g/mol. The molecule has 0 fully saturated rings. The van der Waals surface area contributed by atoms with Gasteiger partial charge in [0.25, 0.3) is 0 Å². The lowest BCUT2D eigenvalue weighted by Gasteiger charge is -2.23. The first kappa shape index (κ1) is 13.2. The van der Waals surface area contributed by atoms with Gasteiger partial charge in [-0.1, -0.05) is 12.1 Å². The van der Waals surface area contributed by atoms with Crippen molar-refractivity contribution in [2.45, 2.75) is 13.5 Å². The lowest BCUT2D eigenvalue weighted by molar-refractivity contribution is 0.396. The molecule has 1 heterocycles. The fourth-order valence-corrected chi connectivity index (χ4v) is 1.96. The summed E-state index contributed by atoms with van der Waals surface area (Å²) in [4.78, 5) is 6.65. The highest BCUT2D eigenvalue weighted by atomic mass is 16.5. The third-order valence-corrected chi connectivity index (χ3v) is 2.96. The van der Waals surface area contributed by atoms with Gasteiger partial charge >= 0.3 is 0 Å². The molecule has 2 aromatic rings. The molecule has 1 aromatic heterocycles. The van der Waals surface area contributed by atoms with Crippen LogP contribution in [0.1, 0.15) is 12.6 Å². The van der Waals surface area contributed by atoms with Crippen LogP contribution in [0.3, 0.4) is 0 Å². The van der Waals surface area contributed by atoms with E-state index in [4.69, 9.17) is 10.5 Å². The highest BCUT2D eigenvalue weighted by Crippen LogP contribution is 2.19. The number of aromatic nitrogens is 1. The van der Waals surface area contributed by atoms with Gasteiger partial charge in [0.2, 0.25) is 5.88 Å². The summed E-state index contributed by atoms with van der Waals surface area (Å²) in [6.07, 6.45) is 0. The standard InChI is InChI=1S/C15H19N3O/c1-3-18(14-8-4-6-12(16)10-14)11-13-7-5-9-15(17-13)19-2/h4-10H,3,11,16H2,1-2H3. The number of hydrogen-bond acceptors (Lipinski definition) is 4. The maximum Gasteiger partial charge on any atom is 0.213 e. The van der Waals surface area contributed by atoms with Crippen molar-refractivity contribution in [2.75, 3.05) is 24.3 Å². The smallest absolute Gasteiger partial charge is 0.213 e. The molecular formula is C15H19N3O. The zero-order valence-electron chi connectivity index (χ0n) is 11.3. The molecule has 0 spiro atoms. The van der Waals surface area contributed by atoms with Crippen LogP contribution in [0.15, 0.2) is 42.5 Å². The van der Waals surface area contributed by atoms with E-state index in [1.54, 1.807) is 7.11 Å². The SMILES string of the molecule is CCN(Cc1cccc(OC)n1)c1cccc(N)c1. The second kappa shape index (κ2) is 6.09. The number of nitrogens with zero attached hydrogens (tertiary/aromatic N) is 2. The minimum absolute atomic E-state index is 0.640. The Morgan fingerprint density at radius 3 is 2.68 bits per heavy atom. The molecule has 0 bridgehead atoms. The highest BCUT2D eigenvalue weighted by Gasteiger charge is 2.07. The normalized spacial score (nSPS) is 10.2. The number of rotatable bonds is 5. The van der Waals surface area contributed by atoms with Gasteiger partial charge in [-0.3, -0.25) is 0 Å². The summed E-state index contributed by atoms with van der Waals surface area (Å²) in [5.74, 6) is 0.640. The van der Waals surface area contributed by atoms with Crippen LogP contribution in [-0.4, -0.2) is 18.6 Å². The molecule has 0 saturated heterocycles. The Bertz CT molecular complexity index is 542. The van der Waals surface area contributed by atoms with E-state index in [-0.39, 0.29) is 0 Å². The Morgan fingerprint density at radius 2 is 2.00 bits per heavy atom. The molecule has 4 nitrogen and oxygen atoms in total. The van der Waals surface area contributed by atoms with Crippen molar-refractivity contribution in [3.8, 4) is 5.88 Å². The van der Waals surface area contributed by atoms with Crippen LogP contribution in [-0.2, 0) is 6.54 Å². The number of methoxy groups -OCH3 is 1. The van der Waals surface area contributed by atoms with Crippen molar-refractivity contribution < 1.29 is 4.74 Å². The first-order valence-corrected chi connectivity index (χ1v) is 6.33. The topological polar surface area (TPSA) is 51.4 Å². The van der Waals surface area contributed by atoms with Crippen LogP contribution in [0, 0.1) is 0 Å². The Labute approximate surface area is 113 Å². The van der Waals surface area contributed by atoms with Crippen molar-refractivity contribution in [1.29, 1.82) is 0 Å². The minimum atomic E-state index is 0.640. The second-order valence-corrected chi connectivity index (χ2v) is 4.28. The van der Waals surface area contributed by atoms with Gasteiger partial charge in [0.15, 0.2) is 0 Å². The zero-order valence-corrected chi connectivity index (χ0v) is 11.3. The summed E-state index contributed by atoms with van der Waals surface area (Å²) in [7, 11) is 1.63. The van der Waals surface area contributed by atoms with Crippen LogP contribution in [0.4, 0.5) is 11.4 Å². The van der Waals surface area contributed by atoms with Gasteiger partial charge in [0, 0.05) is 24.0 Å². The summed E-state index contributed by atoms with van der Waals surface area (Å²) >= 11 is 0. The molecule has 1 aromatic carbocycles. The van der Waals surface area contributed by atoms with Gasteiger partial charge in [-0.15, -0.1) is 0 Å². The number of anilines is 2. The third kappa shape index (κ3) is 3.37. The van der Waals surface area contributed by atoms with E-state index in [9.17, 15) is 0 Å².